The van der Waals surface area contributed by atoms with Gasteiger partial charge in [-0.1, -0.05) is 32.6 Å². The Kier molecular flexibility index (Phi) is 6.25. The van der Waals surface area contributed by atoms with Crippen LogP contribution in [0.5, 0.6) is 5.88 Å². The van der Waals surface area contributed by atoms with Crippen LogP contribution in [0, 0.1) is 0 Å². The minimum Gasteiger partial charge on any atom is -0.479 e. The van der Waals surface area contributed by atoms with Crippen molar-refractivity contribution in [3.05, 3.63) is 11.8 Å². The Balaban J connectivity index is 2.30. The number of rotatable bonds is 8. The van der Waals surface area contributed by atoms with Crippen molar-refractivity contribution < 1.29 is 14.1 Å². The first-order chi connectivity index (χ1) is 8.67. The second-order valence-electron chi connectivity index (χ2n) is 4.46. The molecule has 0 aliphatic rings. The Morgan fingerprint density at radius 3 is 2.89 bits per heavy atom. The van der Waals surface area contributed by atoms with Crippen molar-refractivity contribution in [1.29, 1.82) is 0 Å². The van der Waals surface area contributed by atoms with E-state index in [1.54, 1.807) is 0 Å². The number of amides is 1. The molecule has 1 aromatic rings. The van der Waals surface area contributed by atoms with Crippen LogP contribution in [0.25, 0.3) is 0 Å². The van der Waals surface area contributed by atoms with Gasteiger partial charge in [0, 0.05) is 6.04 Å². The first kappa shape index (κ1) is 14.5. The molecule has 0 aromatic carbocycles. The van der Waals surface area contributed by atoms with E-state index in [1.165, 1.54) is 32.4 Å². The molecule has 1 amide bonds. The van der Waals surface area contributed by atoms with Gasteiger partial charge in [0.15, 0.2) is 0 Å². The summed E-state index contributed by atoms with van der Waals surface area (Å²) in [6.07, 6.45) is 5.80. The Bertz CT molecular complexity index is 363. The predicted molar refractivity (Wildman–Crippen MR) is 68.7 cm³/mol. The van der Waals surface area contributed by atoms with Gasteiger partial charge in [0.05, 0.1) is 13.2 Å². The third-order valence-electron chi connectivity index (χ3n) is 2.79. The van der Waals surface area contributed by atoms with E-state index in [0.29, 0.717) is 5.88 Å². The molecule has 1 N–H and O–H groups in total. The highest BCUT2D eigenvalue weighted by atomic mass is 16.5. The highest BCUT2D eigenvalue weighted by molar-refractivity contribution is 5.91. The van der Waals surface area contributed by atoms with Crippen molar-refractivity contribution in [2.75, 3.05) is 7.11 Å². The lowest BCUT2D eigenvalue weighted by molar-refractivity contribution is 0.0900. The van der Waals surface area contributed by atoms with Crippen LogP contribution in [0.4, 0.5) is 0 Å². The Hall–Kier alpha value is -1.52. The third-order valence-corrected chi connectivity index (χ3v) is 2.79. The maximum Gasteiger partial charge on any atom is 0.290 e. The van der Waals surface area contributed by atoms with Crippen molar-refractivity contribution in [1.82, 2.24) is 10.5 Å². The van der Waals surface area contributed by atoms with E-state index in [2.05, 4.69) is 17.4 Å². The van der Waals surface area contributed by atoms with Gasteiger partial charge in [-0.15, -0.1) is 0 Å². The van der Waals surface area contributed by atoms with Gasteiger partial charge in [-0.2, -0.15) is 0 Å². The van der Waals surface area contributed by atoms with E-state index >= 15 is 0 Å². The minimum atomic E-state index is -0.242. The summed E-state index contributed by atoms with van der Waals surface area (Å²) in [4.78, 5) is 11.8. The van der Waals surface area contributed by atoms with Crippen molar-refractivity contribution in [2.45, 2.75) is 52.0 Å². The average Bonchev–Trinajstić information content (AvgIpc) is 2.83. The zero-order chi connectivity index (χ0) is 13.4. The summed E-state index contributed by atoms with van der Waals surface area (Å²) in [5.41, 5.74) is 0. The predicted octanol–water partition coefficient (Wildman–Crippen LogP) is 2.77. The fourth-order valence-electron chi connectivity index (χ4n) is 1.71. The van der Waals surface area contributed by atoms with Gasteiger partial charge in [-0.05, 0) is 18.5 Å². The number of ether oxygens (including phenoxy) is 1. The maximum absolute atomic E-state index is 11.8. The van der Waals surface area contributed by atoms with E-state index in [0.717, 1.165) is 12.8 Å². The zero-order valence-electron chi connectivity index (χ0n) is 11.4. The first-order valence-corrected chi connectivity index (χ1v) is 6.49. The summed E-state index contributed by atoms with van der Waals surface area (Å²) in [5, 5.41) is 6.47. The molecule has 5 nitrogen and oxygen atoms in total. The van der Waals surface area contributed by atoms with Crippen LogP contribution in [0.1, 0.15) is 56.5 Å². The molecule has 1 heterocycles. The molecular formula is C13H22N2O3. The van der Waals surface area contributed by atoms with E-state index < -0.39 is 0 Å². The number of carbonyl (C=O) groups excluding carboxylic acids is 1. The normalized spacial score (nSPS) is 12.2. The summed E-state index contributed by atoms with van der Waals surface area (Å²) < 4.78 is 9.73. The van der Waals surface area contributed by atoms with Gasteiger partial charge in [-0.3, -0.25) is 4.79 Å². The highest BCUT2D eigenvalue weighted by Gasteiger charge is 2.15. The molecule has 18 heavy (non-hydrogen) atoms. The van der Waals surface area contributed by atoms with Crippen LogP contribution in [0.3, 0.4) is 0 Å². The summed E-state index contributed by atoms with van der Waals surface area (Å²) in [6, 6.07) is 1.63. The molecule has 5 heteroatoms. The molecule has 0 spiro atoms. The lowest BCUT2D eigenvalue weighted by Gasteiger charge is -2.12. The Labute approximate surface area is 108 Å². The number of carbonyl (C=O) groups is 1. The standard InChI is InChI=1S/C13H22N2O3/c1-4-5-6-7-8-10(2)14-13(16)11-9-12(17-3)15-18-11/h9-10H,4-8H2,1-3H3,(H,14,16)/t10-/m0/s1. The van der Waals surface area contributed by atoms with Gasteiger partial charge < -0.3 is 14.6 Å². The van der Waals surface area contributed by atoms with Crippen molar-refractivity contribution in [3.63, 3.8) is 0 Å². The number of hydrogen-bond acceptors (Lipinski definition) is 4. The maximum atomic E-state index is 11.8. The van der Waals surface area contributed by atoms with Crippen molar-refractivity contribution >= 4 is 5.91 Å². The van der Waals surface area contributed by atoms with Crippen LogP contribution >= 0.6 is 0 Å². The topological polar surface area (TPSA) is 64.4 Å². The number of nitrogens with zero attached hydrogens (tertiary/aromatic N) is 1. The molecule has 0 aliphatic heterocycles. The number of methoxy groups -OCH3 is 1. The number of aromatic nitrogens is 1. The first-order valence-electron chi connectivity index (χ1n) is 6.49. The minimum absolute atomic E-state index is 0.144. The second-order valence-corrected chi connectivity index (χ2v) is 4.46. The van der Waals surface area contributed by atoms with E-state index in [4.69, 9.17) is 9.26 Å². The largest absolute Gasteiger partial charge is 0.479 e. The smallest absolute Gasteiger partial charge is 0.290 e. The van der Waals surface area contributed by atoms with Gasteiger partial charge in [0.25, 0.3) is 11.8 Å². The quantitative estimate of drug-likeness (QED) is 0.724. The van der Waals surface area contributed by atoms with Crippen LogP contribution in [0.15, 0.2) is 10.6 Å². The van der Waals surface area contributed by atoms with Gasteiger partial charge in [-0.25, -0.2) is 0 Å². The van der Waals surface area contributed by atoms with Crippen LogP contribution in [-0.4, -0.2) is 24.2 Å². The molecule has 0 bridgehead atoms. The molecule has 1 rings (SSSR count). The second kappa shape index (κ2) is 7.74. The van der Waals surface area contributed by atoms with Crippen LogP contribution in [0.2, 0.25) is 0 Å². The summed E-state index contributed by atoms with van der Waals surface area (Å²) >= 11 is 0. The molecule has 102 valence electrons. The van der Waals surface area contributed by atoms with Gasteiger partial charge >= 0.3 is 0 Å². The van der Waals surface area contributed by atoms with E-state index in [1.807, 2.05) is 6.92 Å². The molecule has 0 saturated carbocycles. The van der Waals surface area contributed by atoms with Crippen LogP contribution in [-0.2, 0) is 0 Å². The van der Waals surface area contributed by atoms with Crippen molar-refractivity contribution in [2.24, 2.45) is 0 Å². The lowest BCUT2D eigenvalue weighted by Crippen LogP contribution is -2.32. The number of hydrogen-bond donors (Lipinski definition) is 1. The number of nitrogens with one attached hydrogen (secondary N) is 1. The summed E-state index contributed by atoms with van der Waals surface area (Å²) in [6.45, 7) is 4.18. The van der Waals surface area contributed by atoms with Gasteiger partial charge in [0.2, 0.25) is 5.76 Å². The Morgan fingerprint density at radius 2 is 2.28 bits per heavy atom. The monoisotopic (exact) mass is 254 g/mol. The molecule has 0 fully saturated rings. The average molecular weight is 254 g/mol. The van der Waals surface area contributed by atoms with Crippen LogP contribution < -0.4 is 10.1 Å². The zero-order valence-corrected chi connectivity index (χ0v) is 11.4. The fourth-order valence-corrected chi connectivity index (χ4v) is 1.71. The van der Waals surface area contributed by atoms with Gasteiger partial charge in [0.1, 0.15) is 0 Å². The lowest BCUT2D eigenvalue weighted by atomic mass is 10.1. The van der Waals surface area contributed by atoms with Crippen molar-refractivity contribution in [3.8, 4) is 5.88 Å². The summed E-state index contributed by atoms with van der Waals surface area (Å²) in [7, 11) is 1.48. The SMILES string of the molecule is CCCCCC[C@H](C)NC(=O)c1cc(OC)no1. The number of unbranched alkanes of at least 4 members (excludes halogenated alkanes) is 3. The fraction of sp³-hybridized carbons (Fsp3) is 0.692. The molecular weight excluding hydrogens is 232 g/mol. The van der Waals surface area contributed by atoms with E-state index in [-0.39, 0.29) is 17.7 Å². The Morgan fingerprint density at radius 1 is 1.50 bits per heavy atom. The molecule has 1 atom stereocenters. The van der Waals surface area contributed by atoms with E-state index in [9.17, 15) is 4.79 Å². The third kappa shape index (κ3) is 4.77. The highest BCUT2D eigenvalue weighted by Crippen LogP contribution is 2.11. The molecule has 0 radical (unpaired) electrons. The molecule has 0 saturated heterocycles. The molecule has 1 aromatic heterocycles. The summed E-state index contributed by atoms with van der Waals surface area (Å²) in [5.74, 6) is 0.261. The molecule has 0 unspecified atom stereocenters. The molecule has 0 aliphatic carbocycles.